The van der Waals surface area contributed by atoms with Crippen LogP contribution < -0.4 is 0 Å². The van der Waals surface area contributed by atoms with E-state index in [9.17, 15) is 4.39 Å². The summed E-state index contributed by atoms with van der Waals surface area (Å²) in [6, 6.07) is 6.88. The molecule has 2 aliphatic rings. The standard InChI is InChI=1S/C19H25FN4/c20-17-9-7-15(8-10-17)13-23-11-4-5-16(14-23)19-22-21-18-6-2-1-3-12-24(18)19/h7-10,16H,1-6,11-14H2/t16-/m0/s1. The van der Waals surface area contributed by atoms with Crippen molar-refractivity contribution in [3.05, 3.63) is 47.3 Å². The number of halogens is 1. The third-order valence-corrected chi connectivity index (χ3v) is 5.33. The number of aryl methyl sites for hydroxylation is 1. The highest BCUT2D eigenvalue weighted by Crippen LogP contribution is 2.28. The number of likely N-dealkylation sites (tertiary alicyclic amines) is 1. The Labute approximate surface area is 142 Å². The van der Waals surface area contributed by atoms with E-state index in [1.54, 1.807) is 12.1 Å². The quantitative estimate of drug-likeness (QED) is 0.864. The molecular formula is C19H25FN4. The largest absolute Gasteiger partial charge is 0.315 e. The third kappa shape index (κ3) is 3.36. The molecule has 2 aromatic rings. The van der Waals surface area contributed by atoms with Crippen molar-refractivity contribution in [2.24, 2.45) is 0 Å². The molecular weight excluding hydrogens is 303 g/mol. The van der Waals surface area contributed by atoms with E-state index in [0.29, 0.717) is 5.92 Å². The molecule has 1 aromatic carbocycles. The van der Waals surface area contributed by atoms with Crippen molar-refractivity contribution in [2.45, 2.75) is 57.5 Å². The summed E-state index contributed by atoms with van der Waals surface area (Å²) in [6.45, 7) is 4.09. The van der Waals surface area contributed by atoms with Gasteiger partial charge in [0.05, 0.1) is 0 Å². The Morgan fingerprint density at radius 1 is 1.00 bits per heavy atom. The molecule has 24 heavy (non-hydrogen) atoms. The van der Waals surface area contributed by atoms with E-state index < -0.39 is 0 Å². The topological polar surface area (TPSA) is 34.0 Å². The van der Waals surface area contributed by atoms with Gasteiger partial charge in [-0.25, -0.2) is 4.39 Å². The Morgan fingerprint density at radius 2 is 1.88 bits per heavy atom. The van der Waals surface area contributed by atoms with Crippen LogP contribution in [0.4, 0.5) is 4.39 Å². The van der Waals surface area contributed by atoms with Crippen LogP contribution in [0.15, 0.2) is 24.3 Å². The van der Waals surface area contributed by atoms with Crippen LogP contribution in [0, 0.1) is 5.82 Å². The predicted octanol–water partition coefficient (Wildman–Crippen LogP) is 3.52. The molecule has 4 rings (SSSR count). The fourth-order valence-electron chi connectivity index (χ4n) is 4.07. The molecule has 2 aliphatic heterocycles. The normalized spacial score (nSPS) is 22.1. The molecule has 0 saturated carbocycles. The van der Waals surface area contributed by atoms with E-state index in [-0.39, 0.29) is 5.82 Å². The van der Waals surface area contributed by atoms with Crippen molar-refractivity contribution in [3.63, 3.8) is 0 Å². The molecule has 5 heteroatoms. The maximum absolute atomic E-state index is 13.1. The SMILES string of the molecule is Fc1ccc(CN2CCC[C@H](c3nnc4n3CCCCC4)C2)cc1. The number of piperidine rings is 1. The highest BCUT2D eigenvalue weighted by Gasteiger charge is 2.27. The van der Waals surface area contributed by atoms with E-state index in [1.165, 1.54) is 49.3 Å². The van der Waals surface area contributed by atoms with Crippen molar-refractivity contribution in [1.29, 1.82) is 0 Å². The monoisotopic (exact) mass is 328 g/mol. The lowest BCUT2D eigenvalue weighted by atomic mass is 9.96. The first-order valence-corrected chi connectivity index (χ1v) is 9.18. The smallest absolute Gasteiger partial charge is 0.137 e. The molecule has 0 N–H and O–H groups in total. The van der Waals surface area contributed by atoms with Crippen LogP contribution in [0.25, 0.3) is 0 Å². The summed E-state index contributed by atoms with van der Waals surface area (Å²) in [5.74, 6) is 2.67. The van der Waals surface area contributed by atoms with E-state index >= 15 is 0 Å². The summed E-state index contributed by atoms with van der Waals surface area (Å²) < 4.78 is 15.5. The van der Waals surface area contributed by atoms with Gasteiger partial charge in [0, 0.05) is 32.0 Å². The average Bonchev–Trinajstić information content (AvgIpc) is 2.86. The summed E-state index contributed by atoms with van der Waals surface area (Å²) in [5.41, 5.74) is 1.18. The van der Waals surface area contributed by atoms with E-state index in [1.807, 2.05) is 12.1 Å². The van der Waals surface area contributed by atoms with Gasteiger partial charge in [0.15, 0.2) is 0 Å². The number of rotatable bonds is 3. The molecule has 0 unspecified atom stereocenters. The zero-order valence-corrected chi connectivity index (χ0v) is 14.1. The van der Waals surface area contributed by atoms with E-state index in [2.05, 4.69) is 19.7 Å². The molecule has 0 amide bonds. The summed E-state index contributed by atoms with van der Waals surface area (Å²) in [5, 5.41) is 9.02. The first kappa shape index (κ1) is 15.8. The molecule has 0 aliphatic carbocycles. The Hall–Kier alpha value is -1.75. The predicted molar refractivity (Wildman–Crippen MR) is 91.2 cm³/mol. The third-order valence-electron chi connectivity index (χ3n) is 5.33. The summed E-state index contributed by atoms with van der Waals surface area (Å²) in [7, 11) is 0. The Morgan fingerprint density at radius 3 is 2.75 bits per heavy atom. The van der Waals surface area contributed by atoms with Gasteiger partial charge < -0.3 is 4.57 Å². The van der Waals surface area contributed by atoms with Crippen LogP contribution >= 0.6 is 0 Å². The molecule has 3 heterocycles. The molecule has 1 saturated heterocycles. The van der Waals surface area contributed by atoms with Crippen LogP contribution in [0.1, 0.15) is 55.2 Å². The number of aromatic nitrogens is 3. The Bertz CT molecular complexity index is 679. The minimum Gasteiger partial charge on any atom is -0.315 e. The fourth-order valence-corrected chi connectivity index (χ4v) is 4.07. The van der Waals surface area contributed by atoms with Gasteiger partial charge in [0.25, 0.3) is 0 Å². The van der Waals surface area contributed by atoms with Gasteiger partial charge in [-0.15, -0.1) is 10.2 Å². The lowest BCUT2D eigenvalue weighted by molar-refractivity contribution is 0.194. The summed E-state index contributed by atoms with van der Waals surface area (Å²) in [6.07, 6.45) is 7.22. The lowest BCUT2D eigenvalue weighted by Crippen LogP contribution is -2.35. The van der Waals surface area contributed by atoms with Crippen LogP contribution in [0.3, 0.4) is 0 Å². The maximum Gasteiger partial charge on any atom is 0.137 e. The van der Waals surface area contributed by atoms with Crippen LogP contribution in [0.5, 0.6) is 0 Å². The molecule has 4 nitrogen and oxygen atoms in total. The van der Waals surface area contributed by atoms with Crippen LogP contribution in [-0.2, 0) is 19.5 Å². The lowest BCUT2D eigenvalue weighted by Gasteiger charge is -2.32. The average molecular weight is 328 g/mol. The zero-order valence-electron chi connectivity index (χ0n) is 14.1. The van der Waals surface area contributed by atoms with Gasteiger partial charge in [-0.1, -0.05) is 18.6 Å². The summed E-state index contributed by atoms with van der Waals surface area (Å²) >= 11 is 0. The minimum absolute atomic E-state index is 0.165. The molecule has 1 fully saturated rings. The number of benzene rings is 1. The second-order valence-electron chi connectivity index (χ2n) is 7.14. The van der Waals surface area contributed by atoms with Gasteiger partial charge in [-0.2, -0.15) is 0 Å². The molecule has 0 radical (unpaired) electrons. The zero-order chi connectivity index (χ0) is 16.4. The van der Waals surface area contributed by atoms with Crippen molar-refractivity contribution in [2.75, 3.05) is 13.1 Å². The second kappa shape index (κ2) is 7.01. The molecule has 1 atom stereocenters. The van der Waals surface area contributed by atoms with Crippen LogP contribution in [0.2, 0.25) is 0 Å². The van der Waals surface area contributed by atoms with Crippen molar-refractivity contribution >= 4 is 0 Å². The number of nitrogens with zero attached hydrogens (tertiary/aromatic N) is 4. The first-order chi connectivity index (χ1) is 11.8. The van der Waals surface area contributed by atoms with Crippen molar-refractivity contribution < 1.29 is 4.39 Å². The summed E-state index contributed by atoms with van der Waals surface area (Å²) in [4.78, 5) is 2.47. The van der Waals surface area contributed by atoms with E-state index in [4.69, 9.17) is 0 Å². The van der Waals surface area contributed by atoms with E-state index in [0.717, 1.165) is 32.6 Å². The van der Waals surface area contributed by atoms with Gasteiger partial charge in [-0.3, -0.25) is 4.90 Å². The van der Waals surface area contributed by atoms with Crippen LogP contribution in [-0.4, -0.2) is 32.8 Å². The molecule has 128 valence electrons. The second-order valence-corrected chi connectivity index (χ2v) is 7.14. The van der Waals surface area contributed by atoms with Gasteiger partial charge >= 0.3 is 0 Å². The fraction of sp³-hybridized carbons (Fsp3) is 0.579. The minimum atomic E-state index is -0.165. The van der Waals surface area contributed by atoms with Gasteiger partial charge in [0.2, 0.25) is 0 Å². The highest BCUT2D eigenvalue weighted by atomic mass is 19.1. The number of fused-ring (bicyclic) bond motifs is 1. The number of hydrogen-bond donors (Lipinski definition) is 0. The molecule has 0 spiro atoms. The Balaban J connectivity index is 1.47. The van der Waals surface area contributed by atoms with Gasteiger partial charge in [0.1, 0.15) is 17.5 Å². The van der Waals surface area contributed by atoms with Crippen molar-refractivity contribution in [3.8, 4) is 0 Å². The van der Waals surface area contributed by atoms with Crippen molar-refractivity contribution in [1.82, 2.24) is 19.7 Å². The first-order valence-electron chi connectivity index (χ1n) is 9.18. The highest BCUT2D eigenvalue weighted by molar-refractivity contribution is 5.16. The molecule has 0 bridgehead atoms. The van der Waals surface area contributed by atoms with Gasteiger partial charge in [-0.05, 0) is 49.9 Å². The molecule has 1 aromatic heterocycles. The Kier molecular flexibility index (Phi) is 4.60. The maximum atomic E-state index is 13.1. The number of hydrogen-bond acceptors (Lipinski definition) is 3.